The number of amides is 1. The van der Waals surface area contributed by atoms with E-state index in [1.54, 1.807) is 0 Å². The molecule has 1 amide bonds. The third-order valence-electron chi connectivity index (χ3n) is 3.49. The molecule has 2 aromatic rings. The highest BCUT2D eigenvalue weighted by molar-refractivity contribution is 7.91. The van der Waals surface area contributed by atoms with Crippen LogP contribution >= 0.6 is 0 Å². The van der Waals surface area contributed by atoms with E-state index in [0.29, 0.717) is 12.3 Å². The van der Waals surface area contributed by atoms with Gasteiger partial charge in [0, 0.05) is 0 Å². The maximum absolute atomic E-state index is 12.3. The Balaban J connectivity index is 1.75. The summed E-state index contributed by atoms with van der Waals surface area (Å²) in [6, 6.07) is 4.17. The van der Waals surface area contributed by atoms with Crippen molar-refractivity contribution < 1.29 is 22.7 Å². The van der Waals surface area contributed by atoms with Crippen molar-refractivity contribution in [1.29, 1.82) is 0 Å². The van der Waals surface area contributed by atoms with Gasteiger partial charge in [0.2, 0.25) is 5.88 Å². The van der Waals surface area contributed by atoms with E-state index in [9.17, 15) is 13.2 Å². The van der Waals surface area contributed by atoms with Crippen LogP contribution in [0.4, 0.5) is 5.69 Å². The van der Waals surface area contributed by atoms with Crippen LogP contribution in [0.25, 0.3) is 0 Å². The summed E-state index contributed by atoms with van der Waals surface area (Å²) in [5.74, 6) is -0.135. The van der Waals surface area contributed by atoms with Crippen molar-refractivity contribution in [1.82, 2.24) is 9.97 Å². The highest BCUT2D eigenvalue weighted by Crippen LogP contribution is 2.34. The van der Waals surface area contributed by atoms with Crippen molar-refractivity contribution >= 4 is 21.4 Å². The molecule has 1 aromatic carbocycles. The van der Waals surface area contributed by atoms with Crippen LogP contribution in [-0.2, 0) is 14.6 Å². The van der Waals surface area contributed by atoms with Crippen LogP contribution in [0.15, 0.2) is 35.6 Å². The molecule has 9 heteroatoms. The molecule has 3 heterocycles. The zero-order valence-corrected chi connectivity index (χ0v) is 12.5. The number of carbonyl (C=O) groups excluding carboxylic acids is 1. The molecule has 118 valence electrons. The Kier molecular flexibility index (Phi) is 3.06. The number of carbonyl (C=O) groups is 1. The van der Waals surface area contributed by atoms with Crippen LogP contribution in [-0.4, -0.2) is 42.8 Å². The van der Waals surface area contributed by atoms with Crippen LogP contribution in [0.1, 0.15) is 10.4 Å². The Bertz CT molecular complexity index is 908. The van der Waals surface area contributed by atoms with Gasteiger partial charge >= 0.3 is 0 Å². The first-order valence-electron chi connectivity index (χ1n) is 6.80. The number of anilines is 1. The van der Waals surface area contributed by atoms with Crippen molar-refractivity contribution in [2.75, 3.05) is 17.7 Å². The second kappa shape index (κ2) is 5.00. The molecule has 0 radical (unpaired) electrons. The highest BCUT2D eigenvalue weighted by Gasteiger charge is 2.31. The van der Waals surface area contributed by atoms with E-state index in [1.807, 2.05) is 0 Å². The van der Waals surface area contributed by atoms with E-state index >= 15 is 0 Å². The molecule has 1 unspecified atom stereocenters. The van der Waals surface area contributed by atoms with Gasteiger partial charge in [-0.2, -0.15) is 4.98 Å². The lowest BCUT2D eigenvalue weighted by Crippen LogP contribution is -2.14. The van der Waals surface area contributed by atoms with Crippen molar-refractivity contribution in [2.24, 2.45) is 0 Å². The number of benzene rings is 1. The van der Waals surface area contributed by atoms with E-state index in [2.05, 4.69) is 15.3 Å². The van der Waals surface area contributed by atoms with Gasteiger partial charge in [-0.25, -0.2) is 13.4 Å². The molecule has 23 heavy (non-hydrogen) atoms. The van der Waals surface area contributed by atoms with E-state index in [-0.39, 0.29) is 33.9 Å². The predicted octanol–water partition coefficient (Wildman–Crippen LogP) is 1.01. The molecule has 0 bridgehead atoms. The topological polar surface area (TPSA) is 111 Å². The minimum Gasteiger partial charge on any atom is -0.436 e. The quantitative estimate of drug-likeness (QED) is 0.834. The fraction of sp³-hybridized carbons (Fsp3) is 0.214. The van der Waals surface area contributed by atoms with Crippen molar-refractivity contribution in [2.45, 2.75) is 11.0 Å². The molecule has 2 aliphatic heterocycles. The molecule has 1 saturated heterocycles. The summed E-state index contributed by atoms with van der Waals surface area (Å²) < 4.78 is 35.2. The molecule has 0 saturated carbocycles. The number of ether oxygens (including phenoxy) is 2. The van der Waals surface area contributed by atoms with E-state index in [1.165, 1.54) is 30.7 Å². The lowest BCUT2D eigenvalue weighted by atomic mass is 10.2. The Morgan fingerprint density at radius 2 is 2.17 bits per heavy atom. The standard InChI is InChI=1S/C14H11N3O5S/c18-13-10-3-9(23(19,20)6-8-5-21-8)1-2-12(10)22-14-11(17-13)4-15-7-16-14/h1-4,7-8H,5-6H2,(H,17,18). The van der Waals surface area contributed by atoms with Gasteiger partial charge in [0.05, 0.1) is 35.1 Å². The van der Waals surface area contributed by atoms with Crippen LogP contribution in [0.3, 0.4) is 0 Å². The van der Waals surface area contributed by atoms with Crippen molar-refractivity contribution in [3.63, 3.8) is 0 Å². The summed E-state index contributed by atoms with van der Waals surface area (Å²) in [5.41, 5.74) is 0.449. The zero-order chi connectivity index (χ0) is 16.0. The lowest BCUT2D eigenvalue weighted by Gasteiger charge is -2.08. The molecular weight excluding hydrogens is 322 g/mol. The number of nitrogens with zero attached hydrogens (tertiary/aromatic N) is 2. The molecule has 1 N–H and O–H groups in total. The van der Waals surface area contributed by atoms with Gasteiger partial charge in [-0.3, -0.25) is 4.79 Å². The summed E-state index contributed by atoms with van der Waals surface area (Å²) in [5, 5.41) is 2.60. The number of sulfone groups is 1. The largest absolute Gasteiger partial charge is 0.436 e. The Hall–Kier alpha value is -2.52. The summed E-state index contributed by atoms with van der Waals surface area (Å²) in [7, 11) is -3.52. The number of hydrogen-bond acceptors (Lipinski definition) is 7. The van der Waals surface area contributed by atoms with Crippen LogP contribution in [0.2, 0.25) is 0 Å². The minimum absolute atomic E-state index is 0.0579. The average molecular weight is 333 g/mol. The van der Waals surface area contributed by atoms with Gasteiger partial charge in [0.25, 0.3) is 5.91 Å². The molecule has 2 aliphatic rings. The third kappa shape index (κ3) is 2.64. The molecule has 1 atom stereocenters. The SMILES string of the molecule is O=C1Nc2cncnc2Oc2ccc(S(=O)(=O)CC3CO3)cc21. The normalized spacial score (nSPS) is 19.0. The number of nitrogens with one attached hydrogen (secondary N) is 1. The molecular formula is C14H11N3O5S. The summed E-state index contributed by atoms with van der Waals surface area (Å²) in [6.07, 6.45) is 2.45. The van der Waals surface area contributed by atoms with Gasteiger partial charge in [-0.15, -0.1) is 0 Å². The first-order valence-corrected chi connectivity index (χ1v) is 8.46. The number of rotatable bonds is 3. The molecule has 0 spiro atoms. The van der Waals surface area contributed by atoms with Crippen molar-refractivity contribution in [3.05, 3.63) is 36.3 Å². The van der Waals surface area contributed by atoms with Gasteiger partial charge < -0.3 is 14.8 Å². The van der Waals surface area contributed by atoms with Gasteiger partial charge in [0.1, 0.15) is 17.8 Å². The monoisotopic (exact) mass is 333 g/mol. The van der Waals surface area contributed by atoms with Crippen LogP contribution in [0.5, 0.6) is 11.6 Å². The molecule has 8 nitrogen and oxygen atoms in total. The molecule has 0 aliphatic carbocycles. The summed E-state index contributed by atoms with van der Waals surface area (Å²) in [4.78, 5) is 20.1. The smallest absolute Gasteiger partial charge is 0.259 e. The fourth-order valence-corrected chi connectivity index (χ4v) is 3.70. The van der Waals surface area contributed by atoms with E-state index in [0.717, 1.165) is 0 Å². The Morgan fingerprint density at radius 1 is 1.35 bits per heavy atom. The first kappa shape index (κ1) is 14.1. The number of hydrogen-bond donors (Lipinski definition) is 1. The van der Waals surface area contributed by atoms with Crippen molar-refractivity contribution in [3.8, 4) is 11.6 Å². The average Bonchev–Trinajstić information content (AvgIpc) is 3.33. The van der Waals surface area contributed by atoms with Crippen LogP contribution < -0.4 is 10.1 Å². The second-order valence-electron chi connectivity index (χ2n) is 5.19. The summed E-state index contributed by atoms with van der Waals surface area (Å²) in [6.45, 7) is 0.446. The summed E-state index contributed by atoms with van der Waals surface area (Å²) >= 11 is 0. The van der Waals surface area contributed by atoms with Gasteiger partial charge in [-0.05, 0) is 18.2 Å². The molecule has 1 aromatic heterocycles. The lowest BCUT2D eigenvalue weighted by molar-refractivity contribution is 0.102. The zero-order valence-electron chi connectivity index (χ0n) is 11.7. The maximum atomic E-state index is 12.3. The second-order valence-corrected chi connectivity index (χ2v) is 7.23. The Labute approximate surface area is 131 Å². The first-order chi connectivity index (χ1) is 11.0. The maximum Gasteiger partial charge on any atom is 0.259 e. The van der Waals surface area contributed by atoms with Gasteiger partial charge in [-0.1, -0.05) is 0 Å². The van der Waals surface area contributed by atoms with E-state index < -0.39 is 15.7 Å². The van der Waals surface area contributed by atoms with Crippen LogP contribution in [0, 0.1) is 0 Å². The molecule has 4 rings (SSSR count). The highest BCUT2D eigenvalue weighted by atomic mass is 32.2. The minimum atomic E-state index is -3.52. The van der Waals surface area contributed by atoms with Gasteiger partial charge in [0.15, 0.2) is 9.84 Å². The third-order valence-corrected chi connectivity index (χ3v) is 5.28. The number of aromatic nitrogens is 2. The fourth-order valence-electron chi connectivity index (χ4n) is 2.25. The predicted molar refractivity (Wildman–Crippen MR) is 78.3 cm³/mol. The van der Waals surface area contributed by atoms with E-state index in [4.69, 9.17) is 9.47 Å². The number of epoxide rings is 1. The molecule has 1 fully saturated rings. The Morgan fingerprint density at radius 3 is 2.96 bits per heavy atom. The number of fused-ring (bicyclic) bond motifs is 2.